The zero-order chi connectivity index (χ0) is 15.2. The van der Waals surface area contributed by atoms with E-state index in [0.717, 1.165) is 12.2 Å². The number of hydrogen-bond acceptors (Lipinski definition) is 3. The molecule has 20 heavy (non-hydrogen) atoms. The van der Waals surface area contributed by atoms with Crippen molar-refractivity contribution in [3.63, 3.8) is 0 Å². The number of ether oxygens (including phenoxy) is 1. The van der Waals surface area contributed by atoms with Gasteiger partial charge in [-0.25, -0.2) is 0 Å². The highest BCUT2D eigenvalue weighted by Gasteiger charge is 2.12. The number of amides is 1. The van der Waals surface area contributed by atoms with E-state index >= 15 is 0 Å². The zero-order valence-corrected chi connectivity index (χ0v) is 13.1. The first-order chi connectivity index (χ1) is 9.26. The molecule has 0 saturated heterocycles. The molecule has 1 amide bonds. The molecule has 0 aliphatic heterocycles. The minimum absolute atomic E-state index is 0.0696. The van der Waals surface area contributed by atoms with Gasteiger partial charge in [0.1, 0.15) is 6.61 Å². The van der Waals surface area contributed by atoms with Gasteiger partial charge in [-0.1, -0.05) is 26.0 Å². The molecule has 0 fully saturated rings. The van der Waals surface area contributed by atoms with Crippen molar-refractivity contribution in [1.82, 2.24) is 5.32 Å². The Kier molecular flexibility index (Phi) is 6.17. The average molecular weight is 278 g/mol. The smallest absolute Gasteiger partial charge is 0.250 e. The van der Waals surface area contributed by atoms with Crippen molar-refractivity contribution in [3.8, 4) is 0 Å². The Morgan fingerprint density at radius 2 is 1.80 bits per heavy atom. The second-order valence-corrected chi connectivity index (χ2v) is 6.18. The van der Waals surface area contributed by atoms with Crippen LogP contribution in [0.5, 0.6) is 0 Å². The highest BCUT2D eigenvalue weighted by Crippen LogP contribution is 2.11. The molecule has 1 rings (SSSR count). The topological polar surface area (TPSA) is 50.4 Å². The molecule has 1 aromatic rings. The van der Waals surface area contributed by atoms with E-state index in [9.17, 15) is 4.79 Å². The predicted molar refractivity (Wildman–Crippen MR) is 82.8 cm³/mol. The van der Waals surface area contributed by atoms with Crippen molar-refractivity contribution in [3.05, 3.63) is 29.8 Å². The summed E-state index contributed by atoms with van der Waals surface area (Å²) >= 11 is 0. The molecule has 1 aromatic carbocycles. The Labute approximate surface area is 121 Å². The Morgan fingerprint density at radius 1 is 1.20 bits per heavy atom. The van der Waals surface area contributed by atoms with Crippen LogP contribution in [0.15, 0.2) is 24.3 Å². The second kappa shape index (κ2) is 7.41. The molecule has 0 unspecified atom stereocenters. The summed E-state index contributed by atoms with van der Waals surface area (Å²) < 4.78 is 5.43. The van der Waals surface area contributed by atoms with Gasteiger partial charge in [-0.3, -0.25) is 4.79 Å². The lowest BCUT2D eigenvalue weighted by atomic mass is 10.2. The summed E-state index contributed by atoms with van der Waals surface area (Å²) in [5.41, 5.74) is 1.69. The van der Waals surface area contributed by atoms with Crippen molar-refractivity contribution in [2.45, 2.75) is 52.8 Å². The molecule has 0 spiro atoms. The summed E-state index contributed by atoms with van der Waals surface area (Å²) in [5.74, 6) is -0.131. The Bertz CT molecular complexity index is 419. The fourth-order valence-corrected chi connectivity index (χ4v) is 1.51. The molecule has 0 atom stereocenters. The second-order valence-electron chi connectivity index (χ2n) is 6.18. The van der Waals surface area contributed by atoms with Crippen molar-refractivity contribution in [2.75, 3.05) is 11.9 Å². The van der Waals surface area contributed by atoms with E-state index in [1.165, 1.54) is 5.56 Å². The summed E-state index contributed by atoms with van der Waals surface area (Å²) in [6.45, 7) is 10.9. The van der Waals surface area contributed by atoms with Crippen LogP contribution in [0, 0.1) is 0 Å². The molecular weight excluding hydrogens is 252 g/mol. The van der Waals surface area contributed by atoms with Crippen LogP contribution in [-0.2, 0) is 16.1 Å². The molecule has 0 aliphatic carbocycles. The first-order valence-corrected chi connectivity index (χ1v) is 7.02. The van der Waals surface area contributed by atoms with Gasteiger partial charge in [-0.15, -0.1) is 0 Å². The van der Waals surface area contributed by atoms with E-state index in [4.69, 9.17) is 4.74 Å². The Balaban J connectivity index is 2.43. The van der Waals surface area contributed by atoms with Gasteiger partial charge in [0.15, 0.2) is 0 Å². The number of rotatable bonds is 6. The van der Waals surface area contributed by atoms with E-state index < -0.39 is 0 Å². The average Bonchev–Trinajstić information content (AvgIpc) is 2.35. The zero-order valence-electron chi connectivity index (χ0n) is 13.1. The van der Waals surface area contributed by atoms with Gasteiger partial charge in [0, 0.05) is 18.3 Å². The molecule has 0 aliphatic rings. The highest BCUT2D eigenvalue weighted by atomic mass is 16.5. The van der Waals surface area contributed by atoms with E-state index in [-0.39, 0.29) is 18.1 Å². The minimum atomic E-state index is -0.302. The van der Waals surface area contributed by atoms with Crippen LogP contribution in [0.25, 0.3) is 0 Å². The fourth-order valence-electron chi connectivity index (χ4n) is 1.51. The van der Waals surface area contributed by atoms with Crippen molar-refractivity contribution in [2.24, 2.45) is 0 Å². The van der Waals surface area contributed by atoms with Gasteiger partial charge >= 0.3 is 0 Å². The maximum Gasteiger partial charge on any atom is 0.250 e. The molecule has 4 heteroatoms. The van der Waals surface area contributed by atoms with Crippen LogP contribution in [0.4, 0.5) is 5.69 Å². The van der Waals surface area contributed by atoms with E-state index in [0.29, 0.717) is 6.04 Å². The maximum absolute atomic E-state index is 11.7. The minimum Gasteiger partial charge on any atom is -0.366 e. The Hall–Kier alpha value is -1.39. The van der Waals surface area contributed by atoms with E-state index in [1.54, 1.807) is 0 Å². The van der Waals surface area contributed by atoms with Gasteiger partial charge in [0.25, 0.3) is 0 Å². The van der Waals surface area contributed by atoms with E-state index in [1.807, 2.05) is 45.0 Å². The molecule has 2 N–H and O–H groups in total. The lowest BCUT2D eigenvalue weighted by Crippen LogP contribution is -2.27. The largest absolute Gasteiger partial charge is 0.366 e. The highest BCUT2D eigenvalue weighted by molar-refractivity contribution is 5.91. The maximum atomic E-state index is 11.7. The summed E-state index contributed by atoms with van der Waals surface area (Å²) in [5, 5.41) is 6.17. The quantitative estimate of drug-likeness (QED) is 0.841. The van der Waals surface area contributed by atoms with Crippen molar-refractivity contribution in [1.29, 1.82) is 0 Å². The van der Waals surface area contributed by atoms with Crippen molar-refractivity contribution >= 4 is 11.6 Å². The summed E-state index contributed by atoms with van der Waals surface area (Å²) in [4.78, 5) is 11.7. The van der Waals surface area contributed by atoms with Gasteiger partial charge in [0.05, 0.1) is 5.60 Å². The molecule has 0 heterocycles. The Morgan fingerprint density at radius 3 is 2.30 bits per heavy atom. The summed E-state index contributed by atoms with van der Waals surface area (Å²) in [6.07, 6.45) is 0. The lowest BCUT2D eigenvalue weighted by Gasteiger charge is -2.19. The number of nitrogens with one attached hydrogen (secondary N) is 2. The van der Waals surface area contributed by atoms with Crippen LogP contribution >= 0.6 is 0 Å². The lowest BCUT2D eigenvalue weighted by molar-refractivity contribution is -0.125. The molecule has 112 valence electrons. The number of carbonyl (C=O) groups is 1. The van der Waals surface area contributed by atoms with Crippen molar-refractivity contribution < 1.29 is 9.53 Å². The first kappa shape index (κ1) is 16.7. The third-order valence-electron chi connectivity index (χ3n) is 2.59. The number of hydrogen-bond donors (Lipinski definition) is 2. The standard InChI is InChI=1S/C16H26N2O2/c1-12(2)17-10-13-6-8-14(9-7-13)18-15(19)11-20-16(3,4)5/h6-9,12,17H,10-11H2,1-5H3,(H,18,19). The summed E-state index contributed by atoms with van der Waals surface area (Å²) in [6, 6.07) is 8.30. The fraction of sp³-hybridized carbons (Fsp3) is 0.562. The molecule has 0 aromatic heterocycles. The third kappa shape index (κ3) is 7.26. The SMILES string of the molecule is CC(C)NCc1ccc(NC(=O)COC(C)(C)C)cc1. The molecule has 0 saturated carbocycles. The number of benzene rings is 1. The van der Waals surface area contributed by atoms with Gasteiger partial charge in [0.2, 0.25) is 5.91 Å². The van der Waals surface area contributed by atoms with Crippen LogP contribution in [-0.4, -0.2) is 24.2 Å². The normalized spacial score (nSPS) is 11.7. The van der Waals surface area contributed by atoms with Crippen LogP contribution in [0.2, 0.25) is 0 Å². The van der Waals surface area contributed by atoms with Gasteiger partial charge < -0.3 is 15.4 Å². The molecule has 4 nitrogen and oxygen atoms in total. The van der Waals surface area contributed by atoms with Gasteiger partial charge in [-0.2, -0.15) is 0 Å². The van der Waals surface area contributed by atoms with Gasteiger partial charge in [-0.05, 0) is 38.5 Å². The third-order valence-corrected chi connectivity index (χ3v) is 2.59. The monoisotopic (exact) mass is 278 g/mol. The molecule has 0 radical (unpaired) electrons. The van der Waals surface area contributed by atoms with Crippen LogP contribution < -0.4 is 10.6 Å². The summed E-state index contributed by atoms with van der Waals surface area (Å²) in [7, 11) is 0. The van der Waals surface area contributed by atoms with Crippen LogP contribution in [0.3, 0.4) is 0 Å². The van der Waals surface area contributed by atoms with Crippen LogP contribution in [0.1, 0.15) is 40.2 Å². The first-order valence-electron chi connectivity index (χ1n) is 7.02. The molecule has 0 bridgehead atoms. The molecular formula is C16H26N2O2. The number of carbonyl (C=O) groups excluding carboxylic acids is 1. The van der Waals surface area contributed by atoms with E-state index in [2.05, 4.69) is 24.5 Å². The predicted octanol–water partition coefficient (Wildman–Crippen LogP) is 2.94. The number of anilines is 1.